The van der Waals surface area contributed by atoms with Crippen molar-refractivity contribution in [1.82, 2.24) is 9.97 Å². The molecule has 0 spiro atoms. The molecule has 0 bridgehead atoms. The normalized spacial score (nSPS) is 21.9. The van der Waals surface area contributed by atoms with E-state index in [1.807, 2.05) is 30.0 Å². The Kier molecular flexibility index (Phi) is 4.26. The van der Waals surface area contributed by atoms with Crippen LogP contribution in [0.15, 0.2) is 29.0 Å². The predicted molar refractivity (Wildman–Crippen MR) is 85.8 cm³/mol. The van der Waals surface area contributed by atoms with Gasteiger partial charge in [-0.25, -0.2) is 14.8 Å². The molecule has 3 rings (SSSR count). The van der Waals surface area contributed by atoms with Crippen LogP contribution in [0.5, 0.6) is 0 Å². The molecule has 2 heterocycles. The summed E-state index contributed by atoms with van der Waals surface area (Å²) in [5.41, 5.74) is 0.863. The number of nitrogens with zero attached hydrogens (tertiary/aromatic N) is 3. The summed E-state index contributed by atoms with van der Waals surface area (Å²) in [6.45, 7) is 3.00. The van der Waals surface area contributed by atoms with E-state index in [2.05, 4.69) is 25.9 Å². The third-order valence-corrected chi connectivity index (χ3v) is 4.09. The van der Waals surface area contributed by atoms with E-state index in [-0.39, 0.29) is 12.1 Å². The molecule has 1 unspecified atom stereocenters. The number of aromatic nitrogens is 2. The number of rotatable bonds is 2. The quantitative estimate of drug-likeness (QED) is 0.759. The molecule has 1 aliphatic rings. The summed E-state index contributed by atoms with van der Waals surface area (Å²) < 4.78 is 11.4. The van der Waals surface area contributed by atoms with E-state index in [0.29, 0.717) is 13.1 Å². The molecule has 116 valence electrons. The van der Waals surface area contributed by atoms with Gasteiger partial charge in [-0.05, 0) is 25.1 Å². The van der Waals surface area contributed by atoms with Crippen LogP contribution in [0.25, 0.3) is 10.9 Å². The summed E-state index contributed by atoms with van der Waals surface area (Å²) in [4.78, 5) is 22.5. The number of hydrogen-bond donors (Lipinski definition) is 0. The van der Waals surface area contributed by atoms with Crippen molar-refractivity contribution < 1.29 is 14.3 Å². The number of carbonyl (C=O) groups is 1. The highest BCUT2D eigenvalue weighted by molar-refractivity contribution is 9.10. The molecule has 22 heavy (non-hydrogen) atoms. The maximum atomic E-state index is 11.8. The summed E-state index contributed by atoms with van der Waals surface area (Å²) >= 11 is 3.48. The monoisotopic (exact) mass is 365 g/mol. The lowest BCUT2D eigenvalue weighted by Crippen LogP contribution is -2.50. The Morgan fingerprint density at radius 2 is 2.23 bits per heavy atom. The zero-order valence-corrected chi connectivity index (χ0v) is 13.9. The van der Waals surface area contributed by atoms with Gasteiger partial charge in [-0.3, -0.25) is 0 Å². The van der Waals surface area contributed by atoms with Crippen molar-refractivity contribution in [2.24, 2.45) is 0 Å². The highest BCUT2D eigenvalue weighted by Crippen LogP contribution is 2.28. The lowest BCUT2D eigenvalue weighted by molar-refractivity contribution is -0.158. The number of anilines is 1. The summed E-state index contributed by atoms with van der Waals surface area (Å²) in [7, 11) is 1.37. The van der Waals surface area contributed by atoms with Crippen molar-refractivity contribution in [3.05, 3.63) is 29.0 Å². The van der Waals surface area contributed by atoms with Gasteiger partial charge < -0.3 is 14.4 Å². The smallest absolute Gasteiger partial charge is 0.336 e. The van der Waals surface area contributed by atoms with Gasteiger partial charge in [-0.15, -0.1) is 0 Å². The highest BCUT2D eigenvalue weighted by atomic mass is 79.9. The number of halogens is 1. The summed E-state index contributed by atoms with van der Waals surface area (Å²) in [5.74, 6) is 0.437. The number of ether oxygens (including phenoxy) is 2. The van der Waals surface area contributed by atoms with Crippen LogP contribution in [0.4, 0.5) is 5.82 Å². The Morgan fingerprint density at radius 1 is 1.41 bits per heavy atom. The zero-order valence-electron chi connectivity index (χ0n) is 12.3. The van der Waals surface area contributed by atoms with Crippen molar-refractivity contribution >= 4 is 38.6 Å². The van der Waals surface area contributed by atoms with Crippen molar-refractivity contribution in [1.29, 1.82) is 0 Å². The van der Waals surface area contributed by atoms with Gasteiger partial charge in [0.1, 0.15) is 12.1 Å². The first kappa shape index (κ1) is 15.2. The largest absolute Gasteiger partial charge is 0.467 e. The van der Waals surface area contributed by atoms with Crippen molar-refractivity contribution in [2.45, 2.75) is 19.1 Å². The van der Waals surface area contributed by atoms with Gasteiger partial charge in [0.15, 0.2) is 6.10 Å². The van der Waals surface area contributed by atoms with Gasteiger partial charge in [0.05, 0.1) is 25.3 Å². The highest BCUT2D eigenvalue weighted by Gasteiger charge is 2.32. The van der Waals surface area contributed by atoms with E-state index >= 15 is 0 Å². The first-order chi connectivity index (χ1) is 10.6. The van der Waals surface area contributed by atoms with E-state index in [1.54, 1.807) is 6.33 Å². The van der Waals surface area contributed by atoms with Crippen LogP contribution in [-0.4, -0.2) is 48.3 Å². The van der Waals surface area contributed by atoms with E-state index in [4.69, 9.17) is 9.47 Å². The second kappa shape index (κ2) is 6.18. The average molecular weight is 366 g/mol. The summed E-state index contributed by atoms with van der Waals surface area (Å²) in [6.07, 6.45) is 0.847. The van der Waals surface area contributed by atoms with Gasteiger partial charge in [0, 0.05) is 16.4 Å². The lowest BCUT2D eigenvalue weighted by Gasteiger charge is -2.36. The van der Waals surface area contributed by atoms with Gasteiger partial charge in [-0.2, -0.15) is 0 Å². The zero-order chi connectivity index (χ0) is 15.7. The Balaban J connectivity index is 1.99. The number of morpholine rings is 1. The van der Waals surface area contributed by atoms with Crippen LogP contribution < -0.4 is 4.90 Å². The molecule has 6 nitrogen and oxygen atoms in total. The van der Waals surface area contributed by atoms with Crippen LogP contribution in [0.2, 0.25) is 0 Å². The van der Waals surface area contributed by atoms with Gasteiger partial charge in [-0.1, -0.05) is 15.9 Å². The third kappa shape index (κ3) is 2.91. The number of methoxy groups -OCH3 is 1. The number of esters is 1. The second-order valence-electron chi connectivity index (χ2n) is 5.22. The number of carbonyl (C=O) groups excluding carboxylic acids is 1. The van der Waals surface area contributed by atoms with Crippen LogP contribution in [0.3, 0.4) is 0 Å². The standard InChI is InChI=1S/C15H16BrN3O3/c1-9-6-19(7-13(22-9)15(20)21-2)14-11-5-10(16)3-4-12(11)17-8-18-14/h3-5,8-9,13H,6-7H2,1-2H3/t9-,13?/m1/s1. The molecule has 1 aromatic carbocycles. The fourth-order valence-electron chi connectivity index (χ4n) is 2.65. The Labute approximate surface area is 136 Å². The SMILES string of the molecule is COC(=O)C1CN(c2ncnc3ccc(Br)cc23)C[C@@H](C)O1. The molecule has 2 atom stereocenters. The third-order valence-electron chi connectivity index (χ3n) is 3.60. The Hall–Kier alpha value is -1.73. The van der Waals surface area contributed by atoms with Gasteiger partial charge in [0.2, 0.25) is 0 Å². The van der Waals surface area contributed by atoms with Crippen LogP contribution in [0, 0.1) is 0 Å². The minimum absolute atomic E-state index is 0.0879. The molecule has 1 saturated heterocycles. The topological polar surface area (TPSA) is 64.5 Å². The Bertz CT molecular complexity index is 709. The first-order valence-electron chi connectivity index (χ1n) is 6.97. The number of hydrogen-bond acceptors (Lipinski definition) is 6. The maximum absolute atomic E-state index is 11.8. The Morgan fingerprint density at radius 3 is 3.00 bits per heavy atom. The van der Waals surface area contributed by atoms with Crippen molar-refractivity contribution in [2.75, 3.05) is 25.1 Å². The van der Waals surface area contributed by atoms with E-state index in [1.165, 1.54) is 7.11 Å². The van der Waals surface area contributed by atoms with Crippen LogP contribution in [0.1, 0.15) is 6.92 Å². The van der Waals surface area contributed by atoms with E-state index < -0.39 is 6.10 Å². The molecule has 0 saturated carbocycles. The lowest BCUT2D eigenvalue weighted by atomic mass is 10.1. The minimum Gasteiger partial charge on any atom is -0.467 e. The van der Waals surface area contributed by atoms with Crippen molar-refractivity contribution in [3.8, 4) is 0 Å². The van der Waals surface area contributed by atoms with Crippen LogP contribution >= 0.6 is 15.9 Å². The average Bonchev–Trinajstić information content (AvgIpc) is 2.52. The second-order valence-corrected chi connectivity index (χ2v) is 6.14. The molecule has 2 aromatic rings. The molecule has 1 fully saturated rings. The molecule has 0 radical (unpaired) electrons. The van der Waals surface area contributed by atoms with Crippen LogP contribution in [-0.2, 0) is 14.3 Å². The fourth-order valence-corrected chi connectivity index (χ4v) is 3.01. The predicted octanol–water partition coefficient (Wildman–Crippen LogP) is 2.16. The van der Waals surface area contributed by atoms with E-state index in [9.17, 15) is 4.79 Å². The van der Waals surface area contributed by atoms with E-state index in [0.717, 1.165) is 21.2 Å². The van der Waals surface area contributed by atoms with Gasteiger partial charge >= 0.3 is 5.97 Å². The molecule has 0 amide bonds. The fraction of sp³-hybridized carbons (Fsp3) is 0.400. The molecule has 1 aromatic heterocycles. The molecular weight excluding hydrogens is 350 g/mol. The molecular formula is C15H16BrN3O3. The van der Waals surface area contributed by atoms with Gasteiger partial charge in [0.25, 0.3) is 0 Å². The first-order valence-corrected chi connectivity index (χ1v) is 7.76. The maximum Gasteiger partial charge on any atom is 0.336 e. The number of fused-ring (bicyclic) bond motifs is 1. The number of benzene rings is 1. The molecule has 7 heteroatoms. The molecule has 0 aliphatic carbocycles. The summed E-state index contributed by atoms with van der Waals surface area (Å²) in [6, 6.07) is 5.86. The van der Waals surface area contributed by atoms with Crippen molar-refractivity contribution in [3.63, 3.8) is 0 Å². The summed E-state index contributed by atoms with van der Waals surface area (Å²) in [5, 5.41) is 0.939. The minimum atomic E-state index is -0.606. The molecule has 0 N–H and O–H groups in total. The molecule has 1 aliphatic heterocycles.